The van der Waals surface area contributed by atoms with Crippen molar-refractivity contribution in [2.24, 2.45) is 5.73 Å². The Labute approximate surface area is 113 Å². The van der Waals surface area contributed by atoms with Crippen molar-refractivity contribution in [2.45, 2.75) is 25.8 Å². The first-order valence-electron chi connectivity index (χ1n) is 6.55. The van der Waals surface area contributed by atoms with E-state index >= 15 is 0 Å². The van der Waals surface area contributed by atoms with E-state index in [9.17, 15) is 4.79 Å². The van der Waals surface area contributed by atoms with E-state index in [0.717, 1.165) is 16.3 Å². The van der Waals surface area contributed by atoms with Crippen LogP contribution in [-0.4, -0.2) is 18.6 Å². The molecule has 0 spiro atoms. The summed E-state index contributed by atoms with van der Waals surface area (Å²) in [6, 6.07) is 13.6. The number of carbonyl (C=O) groups is 1. The van der Waals surface area contributed by atoms with Gasteiger partial charge in [-0.25, -0.2) is 0 Å². The first-order chi connectivity index (χ1) is 9.15. The molecular weight excluding hydrogens is 238 g/mol. The van der Waals surface area contributed by atoms with Crippen molar-refractivity contribution in [2.75, 3.05) is 6.61 Å². The summed E-state index contributed by atoms with van der Waals surface area (Å²) in [6.07, 6.45) is 0. The zero-order chi connectivity index (χ0) is 13.8. The number of esters is 1. The van der Waals surface area contributed by atoms with Crippen LogP contribution in [0.1, 0.15) is 25.3 Å². The molecule has 0 aliphatic rings. The van der Waals surface area contributed by atoms with Crippen LogP contribution in [0.15, 0.2) is 42.5 Å². The van der Waals surface area contributed by atoms with Crippen molar-refractivity contribution >= 4 is 16.7 Å². The van der Waals surface area contributed by atoms with Gasteiger partial charge in [0.05, 0.1) is 12.5 Å². The Kier molecular flexibility index (Phi) is 4.17. The second kappa shape index (κ2) is 5.85. The molecule has 100 valence electrons. The minimum absolute atomic E-state index is 0.256. The molecule has 2 unspecified atom stereocenters. The van der Waals surface area contributed by atoms with E-state index in [1.165, 1.54) is 0 Å². The van der Waals surface area contributed by atoms with Crippen molar-refractivity contribution in [3.05, 3.63) is 48.0 Å². The summed E-state index contributed by atoms with van der Waals surface area (Å²) >= 11 is 0. The third-order valence-corrected chi connectivity index (χ3v) is 3.22. The van der Waals surface area contributed by atoms with Crippen LogP contribution < -0.4 is 5.73 Å². The average Bonchev–Trinajstić information content (AvgIpc) is 2.39. The lowest BCUT2D eigenvalue weighted by Crippen LogP contribution is -2.32. The summed E-state index contributed by atoms with van der Waals surface area (Å²) in [5.74, 6) is -0.681. The first kappa shape index (κ1) is 13.6. The number of ether oxygens (including phenoxy) is 1. The summed E-state index contributed by atoms with van der Waals surface area (Å²) < 4.78 is 5.15. The van der Waals surface area contributed by atoms with E-state index in [1.807, 2.05) is 49.4 Å². The molecule has 2 aromatic carbocycles. The van der Waals surface area contributed by atoms with Crippen molar-refractivity contribution in [1.82, 2.24) is 0 Å². The molecule has 0 saturated heterocycles. The van der Waals surface area contributed by atoms with Gasteiger partial charge in [-0.1, -0.05) is 42.5 Å². The van der Waals surface area contributed by atoms with Gasteiger partial charge >= 0.3 is 5.97 Å². The third-order valence-electron chi connectivity index (χ3n) is 3.22. The molecule has 0 bridgehead atoms. The summed E-state index contributed by atoms with van der Waals surface area (Å²) in [4.78, 5) is 12.1. The van der Waals surface area contributed by atoms with Gasteiger partial charge in [0.15, 0.2) is 0 Å². The van der Waals surface area contributed by atoms with Gasteiger partial charge in [0.2, 0.25) is 0 Å². The molecular formula is C16H19NO2. The van der Waals surface area contributed by atoms with Crippen LogP contribution in [0.4, 0.5) is 0 Å². The highest BCUT2D eigenvalue weighted by atomic mass is 16.5. The lowest BCUT2D eigenvalue weighted by Gasteiger charge is -2.21. The number of hydrogen-bond acceptors (Lipinski definition) is 3. The Morgan fingerprint density at radius 2 is 1.89 bits per heavy atom. The van der Waals surface area contributed by atoms with Gasteiger partial charge in [-0.15, -0.1) is 0 Å². The lowest BCUT2D eigenvalue weighted by molar-refractivity contribution is -0.145. The van der Waals surface area contributed by atoms with E-state index < -0.39 is 5.92 Å². The number of hydrogen-bond donors (Lipinski definition) is 1. The number of rotatable bonds is 4. The molecule has 0 amide bonds. The highest BCUT2D eigenvalue weighted by Gasteiger charge is 2.27. The number of benzene rings is 2. The number of nitrogens with two attached hydrogens (primary N) is 1. The second-order valence-electron chi connectivity index (χ2n) is 4.66. The average molecular weight is 257 g/mol. The molecule has 0 fully saturated rings. The fourth-order valence-electron chi connectivity index (χ4n) is 2.38. The maximum Gasteiger partial charge on any atom is 0.315 e. The fourth-order valence-corrected chi connectivity index (χ4v) is 2.38. The van der Waals surface area contributed by atoms with Crippen molar-refractivity contribution in [3.8, 4) is 0 Å². The predicted octanol–water partition coefficient (Wildman–Crippen LogP) is 2.83. The molecule has 3 nitrogen and oxygen atoms in total. The minimum Gasteiger partial charge on any atom is -0.465 e. The summed E-state index contributed by atoms with van der Waals surface area (Å²) in [6.45, 7) is 4.01. The van der Waals surface area contributed by atoms with Crippen molar-refractivity contribution < 1.29 is 9.53 Å². The zero-order valence-electron chi connectivity index (χ0n) is 11.3. The zero-order valence-corrected chi connectivity index (χ0v) is 11.3. The number of fused-ring (bicyclic) bond motifs is 1. The fraction of sp³-hybridized carbons (Fsp3) is 0.312. The van der Waals surface area contributed by atoms with Crippen molar-refractivity contribution in [1.29, 1.82) is 0 Å². The molecule has 0 aromatic heterocycles. The second-order valence-corrected chi connectivity index (χ2v) is 4.66. The molecule has 0 aliphatic carbocycles. The largest absolute Gasteiger partial charge is 0.465 e. The Bertz CT molecular complexity index is 572. The standard InChI is InChI=1S/C16H19NO2/c1-3-19-16(18)15(11(2)17)14-10-6-8-12-7-4-5-9-13(12)14/h4-11,15H,3,17H2,1-2H3. The topological polar surface area (TPSA) is 52.3 Å². The normalized spacial score (nSPS) is 14.1. The molecule has 19 heavy (non-hydrogen) atoms. The van der Waals surface area contributed by atoms with E-state index in [1.54, 1.807) is 6.92 Å². The molecule has 0 radical (unpaired) electrons. The molecule has 2 aromatic rings. The molecule has 0 saturated carbocycles. The van der Waals surface area contributed by atoms with Crippen LogP contribution in [-0.2, 0) is 9.53 Å². The third kappa shape index (κ3) is 2.76. The molecule has 2 N–H and O–H groups in total. The van der Waals surface area contributed by atoms with E-state index in [4.69, 9.17) is 10.5 Å². The smallest absolute Gasteiger partial charge is 0.315 e. The highest BCUT2D eigenvalue weighted by Crippen LogP contribution is 2.28. The Hall–Kier alpha value is -1.87. The van der Waals surface area contributed by atoms with E-state index in [0.29, 0.717) is 6.61 Å². The number of carbonyl (C=O) groups excluding carboxylic acids is 1. The minimum atomic E-state index is -0.425. The van der Waals surface area contributed by atoms with Gasteiger partial charge < -0.3 is 10.5 Å². The van der Waals surface area contributed by atoms with Crippen LogP contribution in [0.2, 0.25) is 0 Å². The van der Waals surface area contributed by atoms with E-state index in [-0.39, 0.29) is 12.0 Å². The Morgan fingerprint density at radius 3 is 2.58 bits per heavy atom. The monoisotopic (exact) mass is 257 g/mol. The molecule has 2 atom stereocenters. The van der Waals surface area contributed by atoms with Gasteiger partial charge in [0, 0.05) is 6.04 Å². The van der Waals surface area contributed by atoms with Gasteiger partial charge in [0.1, 0.15) is 0 Å². The van der Waals surface area contributed by atoms with Crippen molar-refractivity contribution in [3.63, 3.8) is 0 Å². The van der Waals surface area contributed by atoms with Gasteiger partial charge in [0.25, 0.3) is 0 Å². The van der Waals surface area contributed by atoms with E-state index in [2.05, 4.69) is 0 Å². The summed E-state index contributed by atoms with van der Waals surface area (Å²) in [7, 11) is 0. The van der Waals surface area contributed by atoms with Gasteiger partial charge in [-0.2, -0.15) is 0 Å². The Balaban J connectivity index is 2.53. The van der Waals surface area contributed by atoms with Gasteiger partial charge in [-0.3, -0.25) is 4.79 Å². The molecule has 0 heterocycles. The molecule has 0 aliphatic heterocycles. The maximum atomic E-state index is 12.1. The molecule has 2 rings (SSSR count). The van der Waals surface area contributed by atoms with Crippen LogP contribution in [0.5, 0.6) is 0 Å². The van der Waals surface area contributed by atoms with Crippen LogP contribution >= 0.6 is 0 Å². The Morgan fingerprint density at radius 1 is 1.21 bits per heavy atom. The highest BCUT2D eigenvalue weighted by molar-refractivity contribution is 5.91. The SMILES string of the molecule is CCOC(=O)C(c1cccc2ccccc12)C(C)N. The van der Waals surface area contributed by atoms with Gasteiger partial charge in [-0.05, 0) is 30.2 Å². The van der Waals surface area contributed by atoms with Crippen LogP contribution in [0, 0.1) is 0 Å². The quantitative estimate of drug-likeness (QED) is 0.857. The molecule has 3 heteroatoms. The van der Waals surface area contributed by atoms with Crippen LogP contribution in [0.25, 0.3) is 10.8 Å². The first-order valence-corrected chi connectivity index (χ1v) is 6.55. The lowest BCUT2D eigenvalue weighted by atomic mass is 9.89. The van der Waals surface area contributed by atoms with Crippen LogP contribution in [0.3, 0.4) is 0 Å². The summed E-state index contributed by atoms with van der Waals surface area (Å²) in [5, 5.41) is 2.16. The predicted molar refractivity (Wildman–Crippen MR) is 77.0 cm³/mol. The summed E-state index contributed by atoms with van der Waals surface area (Å²) in [5.41, 5.74) is 6.93. The maximum absolute atomic E-state index is 12.1.